The molecule has 0 unspecified atom stereocenters. The van der Waals surface area contributed by atoms with Gasteiger partial charge in [-0.2, -0.15) is 4.89 Å². The quantitative estimate of drug-likeness (QED) is 0.355. The Bertz CT molecular complexity index is 546. The third-order valence-electron chi connectivity index (χ3n) is 2.40. The zero-order chi connectivity index (χ0) is 15.1. The minimum Gasteiger partial charge on any atom is -0.478 e. The Kier molecular flexibility index (Phi) is 5.61. The fourth-order valence-electron chi connectivity index (χ4n) is 1.34. The molecule has 1 rings (SSSR count). The van der Waals surface area contributed by atoms with Crippen LogP contribution in [0.15, 0.2) is 36.4 Å². The molecule has 1 aromatic rings. The second-order valence-corrected chi connectivity index (χ2v) is 4.00. The van der Waals surface area contributed by atoms with Crippen molar-refractivity contribution in [2.45, 2.75) is 13.3 Å². The molecule has 0 amide bonds. The van der Waals surface area contributed by atoms with E-state index in [0.29, 0.717) is 5.57 Å². The highest BCUT2D eigenvalue weighted by atomic mass is 17.2. The predicted octanol–water partition coefficient (Wildman–Crippen LogP) is 2.01. The van der Waals surface area contributed by atoms with Crippen LogP contribution in [0.1, 0.15) is 34.1 Å². The molecule has 0 aliphatic heterocycles. The van der Waals surface area contributed by atoms with E-state index in [4.69, 9.17) is 5.11 Å². The van der Waals surface area contributed by atoms with Gasteiger partial charge in [-0.15, -0.1) is 0 Å². The standard InChI is InChI=1S/C14H14O6/c1-9(2)12(15)7-8-19-20-14(18)11-6-4-3-5-10(11)13(16)17/h3-6H,1,7-8H2,2H3,(H,16,17). The molecule has 0 saturated heterocycles. The normalized spacial score (nSPS) is 9.85. The van der Waals surface area contributed by atoms with Gasteiger partial charge in [0.2, 0.25) is 0 Å². The number of carboxylic acid groups (broad SMARTS) is 1. The van der Waals surface area contributed by atoms with Crippen molar-refractivity contribution in [3.05, 3.63) is 47.5 Å². The predicted molar refractivity (Wildman–Crippen MR) is 69.2 cm³/mol. The van der Waals surface area contributed by atoms with Crippen molar-refractivity contribution in [2.75, 3.05) is 6.61 Å². The molecule has 0 aliphatic rings. The average molecular weight is 278 g/mol. The smallest absolute Gasteiger partial charge is 0.373 e. The van der Waals surface area contributed by atoms with E-state index in [-0.39, 0.29) is 29.9 Å². The summed E-state index contributed by atoms with van der Waals surface area (Å²) in [6.45, 7) is 4.92. The fraction of sp³-hybridized carbons (Fsp3) is 0.214. The molecule has 0 fully saturated rings. The molecule has 1 N–H and O–H groups in total. The third kappa shape index (κ3) is 4.33. The number of carbonyl (C=O) groups excluding carboxylic acids is 2. The van der Waals surface area contributed by atoms with Crippen LogP contribution in [-0.2, 0) is 14.6 Å². The maximum Gasteiger partial charge on any atom is 0.373 e. The topological polar surface area (TPSA) is 89.9 Å². The van der Waals surface area contributed by atoms with Crippen LogP contribution in [0.5, 0.6) is 0 Å². The minimum absolute atomic E-state index is 0.0309. The molecule has 20 heavy (non-hydrogen) atoms. The number of Topliss-reactive ketones (excluding diaryl/α,β-unsaturated/α-hetero) is 1. The Labute approximate surface area is 115 Å². The van der Waals surface area contributed by atoms with Crippen LogP contribution in [0.4, 0.5) is 0 Å². The summed E-state index contributed by atoms with van der Waals surface area (Å²) in [5, 5.41) is 8.92. The van der Waals surface area contributed by atoms with Gasteiger partial charge in [-0.3, -0.25) is 9.68 Å². The van der Waals surface area contributed by atoms with Crippen molar-refractivity contribution in [3.63, 3.8) is 0 Å². The number of hydrogen-bond acceptors (Lipinski definition) is 5. The summed E-state index contributed by atoms with van der Waals surface area (Å²) < 4.78 is 0. The van der Waals surface area contributed by atoms with E-state index in [1.54, 1.807) is 6.92 Å². The number of hydrogen-bond donors (Lipinski definition) is 1. The lowest BCUT2D eigenvalue weighted by molar-refractivity contribution is -0.240. The van der Waals surface area contributed by atoms with Gasteiger partial charge in [0.25, 0.3) is 0 Å². The number of benzene rings is 1. The van der Waals surface area contributed by atoms with Gasteiger partial charge in [0.1, 0.15) is 6.61 Å². The van der Waals surface area contributed by atoms with Crippen LogP contribution in [0.2, 0.25) is 0 Å². The van der Waals surface area contributed by atoms with Gasteiger partial charge in [-0.25, -0.2) is 9.59 Å². The minimum atomic E-state index is -1.24. The lowest BCUT2D eigenvalue weighted by Gasteiger charge is -2.05. The van der Waals surface area contributed by atoms with Gasteiger partial charge >= 0.3 is 11.9 Å². The Balaban J connectivity index is 2.54. The highest BCUT2D eigenvalue weighted by molar-refractivity contribution is 6.02. The van der Waals surface area contributed by atoms with Crippen molar-refractivity contribution in [1.82, 2.24) is 0 Å². The fourth-order valence-corrected chi connectivity index (χ4v) is 1.34. The molecular weight excluding hydrogens is 264 g/mol. The highest BCUT2D eigenvalue weighted by Gasteiger charge is 2.17. The summed E-state index contributed by atoms with van der Waals surface area (Å²) in [6.07, 6.45) is 0.0309. The highest BCUT2D eigenvalue weighted by Crippen LogP contribution is 2.10. The molecule has 1 aromatic carbocycles. The Morgan fingerprint density at radius 2 is 1.80 bits per heavy atom. The molecule has 0 aromatic heterocycles. The van der Waals surface area contributed by atoms with Crippen molar-refractivity contribution >= 4 is 17.7 Å². The summed E-state index contributed by atoms with van der Waals surface area (Å²) >= 11 is 0. The summed E-state index contributed by atoms with van der Waals surface area (Å²) in [5.41, 5.74) is 0.0847. The van der Waals surface area contributed by atoms with Gasteiger partial charge in [0.05, 0.1) is 11.1 Å². The van der Waals surface area contributed by atoms with Crippen LogP contribution in [-0.4, -0.2) is 29.4 Å². The van der Waals surface area contributed by atoms with E-state index >= 15 is 0 Å². The number of ketones is 1. The van der Waals surface area contributed by atoms with Crippen molar-refractivity contribution in [2.24, 2.45) is 0 Å². The third-order valence-corrected chi connectivity index (χ3v) is 2.40. The molecule has 0 bridgehead atoms. The lowest BCUT2D eigenvalue weighted by atomic mass is 10.1. The Hall–Kier alpha value is -2.47. The maximum atomic E-state index is 11.6. The number of allylic oxidation sites excluding steroid dienone is 1. The first-order valence-corrected chi connectivity index (χ1v) is 5.78. The summed E-state index contributed by atoms with van der Waals surface area (Å²) in [5.74, 6) is -2.37. The molecule has 6 nitrogen and oxygen atoms in total. The van der Waals surface area contributed by atoms with E-state index < -0.39 is 11.9 Å². The first-order valence-electron chi connectivity index (χ1n) is 5.78. The van der Waals surface area contributed by atoms with Crippen molar-refractivity contribution in [1.29, 1.82) is 0 Å². The summed E-state index contributed by atoms with van der Waals surface area (Å²) in [6, 6.07) is 5.60. The molecule has 0 radical (unpaired) electrons. The Morgan fingerprint density at radius 1 is 1.20 bits per heavy atom. The van der Waals surface area contributed by atoms with Gasteiger partial charge < -0.3 is 5.11 Å². The van der Waals surface area contributed by atoms with Crippen LogP contribution in [0, 0.1) is 0 Å². The molecule has 106 valence electrons. The van der Waals surface area contributed by atoms with Gasteiger partial charge in [0, 0.05) is 6.42 Å². The van der Waals surface area contributed by atoms with Gasteiger partial charge in [0.15, 0.2) is 5.78 Å². The molecule has 0 spiro atoms. The van der Waals surface area contributed by atoms with E-state index in [2.05, 4.69) is 16.4 Å². The van der Waals surface area contributed by atoms with E-state index in [1.165, 1.54) is 24.3 Å². The summed E-state index contributed by atoms with van der Waals surface area (Å²) in [7, 11) is 0. The SMILES string of the molecule is C=C(C)C(=O)CCOOC(=O)c1ccccc1C(=O)O. The summed E-state index contributed by atoms with van der Waals surface area (Å²) in [4.78, 5) is 42.8. The van der Waals surface area contributed by atoms with Crippen LogP contribution >= 0.6 is 0 Å². The lowest BCUT2D eigenvalue weighted by Crippen LogP contribution is -2.13. The van der Waals surface area contributed by atoms with Gasteiger partial charge in [-0.1, -0.05) is 18.7 Å². The number of aromatic carboxylic acids is 1. The largest absolute Gasteiger partial charge is 0.478 e. The van der Waals surface area contributed by atoms with Crippen molar-refractivity contribution in [3.8, 4) is 0 Å². The van der Waals surface area contributed by atoms with Gasteiger partial charge in [-0.05, 0) is 24.6 Å². The van der Waals surface area contributed by atoms with Crippen LogP contribution in [0.25, 0.3) is 0 Å². The van der Waals surface area contributed by atoms with Crippen LogP contribution < -0.4 is 0 Å². The first kappa shape index (κ1) is 15.6. The van der Waals surface area contributed by atoms with Crippen LogP contribution in [0.3, 0.4) is 0 Å². The number of rotatable bonds is 7. The molecule has 6 heteroatoms. The second kappa shape index (κ2) is 7.20. The molecular formula is C14H14O6. The zero-order valence-electron chi connectivity index (χ0n) is 10.9. The van der Waals surface area contributed by atoms with E-state index in [1.807, 2.05) is 0 Å². The molecule has 0 heterocycles. The zero-order valence-corrected chi connectivity index (χ0v) is 10.9. The number of carbonyl (C=O) groups is 3. The number of carboxylic acids is 1. The van der Waals surface area contributed by atoms with E-state index in [9.17, 15) is 14.4 Å². The Morgan fingerprint density at radius 3 is 2.35 bits per heavy atom. The van der Waals surface area contributed by atoms with Crippen molar-refractivity contribution < 1.29 is 29.3 Å². The maximum absolute atomic E-state index is 11.6. The molecule has 0 aliphatic carbocycles. The molecule has 0 saturated carbocycles. The van der Waals surface area contributed by atoms with E-state index in [0.717, 1.165) is 0 Å². The average Bonchev–Trinajstić information content (AvgIpc) is 2.42. The monoisotopic (exact) mass is 278 g/mol. The molecule has 0 atom stereocenters. The second-order valence-electron chi connectivity index (χ2n) is 4.00. The first-order chi connectivity index (χ1) is 9.43.